The molecule has 2 amide bonds. The molecule has 1 atom stereocenters. The van der Waals surface area contributed by atoms with E-state index in [0.29, 0.717) is 24.5 Å². The van der Waals surface area contributed by atoms with Gasteiger partial charge in [-0.1, -0.05) is 12.1 Å². The van der Waals surface area contributed by atoms with Gasteiger partial charge >= 0.3 is 12.0 Å². The number of allylic oxidation sites excluding steroid dienone is 1. The Bertz CT molecular complexity index is 681. The molecule has 7 heteroatoms. The SMILES string of the molecule is CCOCCOC(=O)C1=C(C)NC(=O)NC1c1ccc(N(CC)CC)cc1. The third-order valence-corrected chi connectivity index (χ3v) is 4.51. The molecule has 0 radical (unpaired) electrons. The Kier molecular flexibility index (Phi) is 7.67. The first-order valence-corrected chi connectivity index (χ1v) is 9.39. The number of amides is 2. The number of hydrogen-bond donors (Lipinski definition) is 2. The van der Waals surface area contributed by atoms with Crippen LogP contribution in [0.25, 0.3) is 0 Å². The van der Waals surface area contributed by atoms with Crippen molar-refractivity contribution in [2.24, 2.45) is 0 Å². The van der Waals surface area contributed by atoms with Gasteiger partial charge in [0.25, 0.3) is 0 Å². The molecule has 2 N–H and O–H groups in total. The van der Waals surface area contributed by atoms with Crippen LogP contribution in [0.2, 0.25) is 0 Å². The van der Waals surface area contributed by atoms with Crippen LogP contribution in [0, 0.1) is 0 Å². The zero-order chi connectivity index (χ0) is 19.8. The van der Waals surface area contributed by atoms with Crippen molar-refractivity contribution in [2.75, 3.05) is 37.8 Å². The molecule has 1 aromatic carbocycles. The van der Waals surface area contributed by atoms with Crippen molar-refractivity contribution in [1.29, 1.82) is 0 Å². The zero-order valence-corrected chi connectivity index (χ0v) is 16.5. The van der Waals surface area contributed by atoms with Gasteiger partial charge in [0.1, 0.15) is 6.61 Å². The molecule has 0 fully saturated rings. The van der Waals surface area contributed by atoms with Gasteiger partial charge in [0, 0.05) is 31.1 Å². The molecule has 148 valence electrons. The average molecular weight is 375 g/mol. The molecule has 1 heterocycles. The lowest BCUT2D eigenvalue weighted by Crippen LogP contribution is -2.45. The number of urea groups is 1. The largest absolute Gasteiger partial charge is 0.460 e. The number of anilines is 1. The fourth-order valence-electron chi connectivity index (χ4n) is 3.10. The average Bonchev–Trinajstić information content (AvgIpc) is 2.66. The van der Waals surface area contributed by atoms with Crippen LogP contribution in [0.4, 0.5) is 10.5 Å². The number of rotatable bonds is 9. The van der Waals surface area contributed by atoms with E-state index in [-0.39, 0.29) is 12.6 Å². The highest BCUT2D eigenvalue weighted by atomic mass is 16.6. The molecule has 2 rings (SSSR count). The normalized spacial score (nSPS) is 16.6. The van der Waals surface area contributed by atoms with E-state index in [0.717, 1.165) is 24.3 Å². The van der Waals surface area contributed by atoms with Gasteiger partial charge in [-0.2, -0.15) is 0 Å². The molecule has 0 spiro atoms. The first kappa shape index (κ1) is 20.8. The minimum Gasteiger partial charge on any atom is -0.460 e. The summed E-state index contributed by atoms with van der Waals surface area (Å²) < 4.78 is 10.5. The zero-order valence-electron chi connectivity index (χ0n) is 16.5. The van der Waals surface area contributed by atoms with Crippen LogP contribution >= 0.6 is 0 Å². The minimum atomic E-state index is -0.552. The van der Waals surface area contributed by atoms with E-state index in [1.807, 2.05) is 31.2 Å². The highest BCUT2D eigenvalue weighted by Gasteiger charge is 2.32. The van der Waals surface area contributed by atoms with E-state index in [1.54, 1.807) is 6.92 Å². The second-order valence-electron chi connectivity index (χ2n) is 6.17. The summed E-state index contributed by atoms with van der Waals surface area (Å²) in [6.45, 7) is 10.7. The molecule has 0 saturated carbocycles. The summed E-state index contributed by atoms with van der Waals surface area (Å²) in [7, 11) is 0. The number of hydrogen-bond acceptors (Lipinski definition) is 5. The van der Waals surface area contributed by atoms with Crippen LogP contribution in [0.1, 0.15) is 39.3 Å². The highest BCUT2D eigenvalue weighted by Crippen LogP contribution is 2.29. The van der Waals surface area contributed by atoms with E-state index in [2.05, 4.69) is 29.4 Å². The Hall–Kier alpha value is -2.54. The fourth-order valence-corrected chi connectivity index (χ4v) is 3.10. The van der Waals surface area contributed by atoms with E-state index in [9.17, 15) is 9.59 Å². The Morgan fingerprint density at radius 2 is 1.78 bits per heavy atom. The summed E-state index contributed by atoms with van der Waals surface area (Å²) in [5.41, 5.74) is 2.84. The summed E-state index contributed by atoms with van der Waals surface area (Å²) in [6.07, 6.45) is 0. The summed E-state index contributed by atoms with van der Waals surface area (Å²) >= 11 is 0. The maximum Gasteiger partial charge on any atom is 0.338 e. The second kappa shape index (κ2) is 9.97. The minimum absolute atomic E-state index is 0.172. The first-order chi connectivity index (χ1) is 13.0. The van der Waals surface area contributed by atoms with E-state index in [4.69, 9.17) is 9.47 Å². The van der Waals surface area contributed by atoms with Crippen LogP contribution < -0.4 is 15.5 Å². The molecule has 1 aliphatic heterocycles. The van der Waals surface area contributed by atoms with Crippen molar-refractivity contribution in [3.8, 4) is 0 Å². The molecular formula is C20H29N3O4. The number of carbonyl (C=O) groups excluding carboxylic acids is 2. The van der Waals surface area contributed by atoms with Crippen LogP contribution in [-0.2, 0) is 14.3 Å². The van der Waals surface area contributed by atoms with Crippen molar-refractivity contribution in [3.05, 3.63) is 41.1 Å². The van der Waals surface area contributed by atoms with Crippen molar-refractivity contribution >= 4 is 17.7 Å². The van der Waals surface area contributed by atoms with Crippen molar-refractivity contribution in [2.45, 2.75) is 33.7 Å². The van der Waals surface area contributed by atoms with Gasteiger partial charge in [-0.25, -0.2) is 9.59 Å². The third kappa shape index (κ3) is 5.23. The Labute approximate surface area is 160 Å². The Balaban J connectivity index is 2.22. The number of ether oxygens (including phenoxy) is 2. The number of esters is 1. The summed E-state index contributed by atoms with van der Waals surface area (Å²) in [5, 5.41) is 5.47. The van der Waals surface area contributed by atoms with E-state index >= 15 is 0 Å². The Morgan fingerprint density at radius 3 is 2.37 bits per heavy atom. The van der Waals surface area contributed by atoms with Gasteiger partial charge in [-0.15, -0.1) is 0 Å². The van der Waals surface area contributed by atoms with Gasteiger partial charge in [-0.05, 0) is 45.4 Å². The predicted molar refractivity (Wildman–Crippen MR) is 105 cm³/mol. The number of benzene rings is 1. The molecule has 1 unspecified atom stereocenters. The lowest BCUT2D eigenvalue weighted by molar-refractivity contribution is -0.141. The molecule has 1 aromatic rings. The van der Waals surface area contributed by atoms with Gasteiger partial charge in [0.2, 0.25) is 0 Å². The maximum atomic E-state index is 12.6. The second-order valence-corrected chi connectivity index (χ2v) is 6.17. The summed E-state index contributed by atoms with van der Waals surface area (Å²) in [5.74, 6) is -0.461. The highest BCUT2D eigenvalue weighted by molar-refractivity contribution is 5.95. The summed E-state index contributed by atoms with van der Waals surface area (Å²) in [6, 6.07) is 6.99. The molecule has 27 heavy (non-hydrogen) atoms. The van der Waals surface area contributed by atoms with Gasteiger partial charge < -0.3 is 25.0 Å². The molecule has 0 bridgehead atoms. The smallest absolute Gasteiger partial charge is 0.338 e. The lowest BCUT2D eigenvalue weighted by atomic mass is 9.95. The van der Waals surface area contributed by atoms with Crippen LogP contribution in [0.5, 0.6) is 0 Å². The topological polar surface area (TPSA) is 79.9 Å². The molecular weight excluding hydrogens is 346 g/mol. The molecule has 0 aliphatic carbocycles. The van der Waals surface area contributed by atoms with Gasteiger partial charge in [0.15, 0.2) is 0 Å². The van der Waals surface area contributed by atoms with Crippen molar-refractivity contribution < 1.29 is 19.1 Å². The van der Waals surface area contributed by atoms with Crippen LogP contribution in [0.15, 0.2) is 35.5 Å². The standard InChI is InChI=1S/C20H29N3O4/c1-5-23(6-2)16-10-8-15(9-11-16)18-17(14(4)21-20(25)22-18)19(24)27-13-12-26-7-3/h8-11,18H,5-7,12-13H2,1-4H3,(H2,21,22,25). The predicted octanol–water partition coefficient (Wildman–Crippen LogP) is 2.74. The van der Waals surface area contributed by atoms with Crippen molar-refractivity contribution in [1.82, 2.24) is 10.6 Å². The first-order valence-electron chi connectivity index (χ1n) is 9.39. The molecule has 0 aromatic heterocycles. The van der Waals surface area contributed by atoms with E-state index < -0.39 is 12.0 Å². The lowest BCUT2D eigenvalue weighted by Gasteiger charge is -2.29. The Morgan fingerprint density at radius 1 is 1.11 bits per heavy atom. The number of nitrogens with zero attached hydrogens (tertiary/aromatic N) is 1. The van der Waals surface area contributed by atoms with E-state index in [1.165, 1.54) is 0 Å². The monoisotopic (exact) mass is 375 g/mol. The number of nitrogens with one attached hydrogen (secondary N) is 2. The number of carbonyl (C=O) groups is 2. The summed E-state index contributed by atoms with van der Waals surface area (Å²) in [4.78, 5) is 26.8. The molecule has 7 nitrogen and oxygen atoms in total. The third-order valence-electron chi connectivity index (χ3n) is 4.51. The van der Waals surface area contributed by atoms with Crippen molar-refractivity contribution in [3.63, 3.8) is 0 Å². The maximum absolute atomic E-state index is 12.6. The fraction of sp³-hybridized carbons (Fsp3) is 0.500. The molecule has 1 aliphatic rings. The van der Waals surface area contributed by atoms with Gasteiger partial charge in [-0.3, -0.25) is 0 Å². The quantitative estimate of drug-likeness (QED) is 0.512. The van der Waals surface area contributed by atoms with Gasteiger partial charge in [0.05, 0.1) is 18.2 Å². The van der Waals surface area contributed by atoms with Crippen LogP contribution in [-0.4, -0.2) is 44.9 Å². The van der Waals surface area contributed by atoms with Crippen LogP contribution in [0.3, 0.4) is 0 Å². The molecule has 0 saturated heterocycles.